The van der Waals surface area contributed by atoms with E-state index in [4.69, 9.17) is 28.3 Å². The fourth-order valence-corrected chi connectivity index (χ4v) is 2.54. The van der Waals surface area contributed by atoms with Crippen molar-refractivity contribution in [2.75, 3.05) is 13.1 Å². The van der Waals surface area contributed by atoms with Gasteiger partial charge < -0.3 is 10.4 Å². The van der Waals surface area contributed by atoms with E-state index in [1.165, 1.54) is 18.0 Å². The summed E-state index contributed by atoms with van der Waals surface area (Å²) in [7, 11) is 0. The third-order valence-corrected chi connectivity index (χ3v) is 5.02. The topological polar surface area (TPSA) is 58.3 Å². The molecule has 0 saturated carbocycles. The molecule has 1 aromatic rings. The van der Waals surface area contributed by atoms with Crippen molar-refractivity contribution in [2.45, 2.75) is 44.8 Å². The minimum Gasteiger partial charge on any atom is -0.508 e. The second-order valence-corrected chi connectivity index (χ2v) is 8.86. The summed E-state index contributed by atoms with van der Waals surface area (Å²) >= 11 is 12.8. The number of hydrogen-bond acceptors (Lipinski definition) is 4. The van der Waals surface area contributed by atoms with E-state index < -0.39 is 5.82 Å². The van der Waals surface area contributed by atoms with Gasteiger partial charge >= 0.3 is 0 Å². The predicted molar refractivity (Wildman–Crippen MR) is 98.9 cm³/mol. The number of rotatable bonds is 2. The lowest BCUT2D eigenvalue weighted by Crippen LogP contribution is -2.28. The highest BCUT2D eigenvalue weighted by atomic mass is 35.5. The van der Waals surface area contributed by atoms with Gasteiger partial charge in [0.2, 0.25) is 0 Å². The number of phenols is 1. The standard InChI is InChI=1S/C12H14Cl2FNO.C4H11NS/c13-9-6-10(17)8(12(15)11(9)14)5-7-1-3-16-4-2-7;1-4(2,3)6-5/h6-7,16-17H,1-5H2;5H2,1-3H3. The maximum atomic E-state index is 13.9. The Hall–Kier alpha value is -0.200. The van der Waals surface area contributed by atoms with Crippen molar-refractivity contribution in [1.82, 2.24) is 5.32 Å². The predicted octanol–water partition coefficient (Wildman–Crippen LogP) is 4.77. The van der Waals surface area contributed by atoms with Crippen LogP contribution in [0.3, 0.4) is 0 Å². The smallest absolute Gasteiger partial charge is 0.150 e. The molecule has 0 radical (unpaired) electrons. The molecule has 2 rings (SSSR count). The highest BCUT2D eigenvalue weighted by molar-refractivity contribution is 7.98. The fraction of sp³-hybridized carbons (Fsp3) is 0.625. The maximum absolute atomic E-state index is 13.9. The molecule has 0 unspecified atom stereocenters. The summed E-state index contributed by atoms with van der Waals surface area (Å²) in [6, 6.07) is 1.31. The molecule has 1 heterocycles. The van der Waals surface area contributed by atoms with Crippen LogP contribution < -0.4 is 10.5 Å². The number of piperidine rings is 1. The summed E-state index contributed by atoms with van der Waals surface area (Å²) in [6.45, 7) is 8.12. The molecular weight excluding hydrogens is 358 g/mol. The maximum Gasteiger partial charge on any atom is 0.150 e. The van der Waals surface area contributed by atoms with Gasteiger partial charge in [0.25, 0.3) is 0 Å². The number of aromatic hydroxyl groups is 1. The first-order valence-corrected chi connectivity index (χ1v) is 9.23. The van der Waals surface area contributed by atoms with E-state index >= 15 is 0 Å². The molecule has 1 aromatic carbocycles. The van der Waals surface area contributed by atoms with Crippen LogP contribution >= 0.6 is 35.1 Å². The number of benzene rings is 1. The first kappa shape index (κ1) is 20.8. The van der Waals surface area contributed by atoms with E-state index in [0.717, 1.165) is 25.9 Å². The van der Waals surface area contributed by atoms with Crippen molar-refractivity contribution in [1.29, 1.82) is 0 Å². The van der Waals surface area contributed by atoms with Crippen LogP contribution in [0.4, 0.5) is 4.39 Å². The third kappa shape index (κ3) is 7.06. The quantitative estimate of drug-likeness (QED) is 0.509. The normalized spacial score (nSPS) is 16.0. The van der Waals surface area contributed by atoms with Gasteiger partial charge in [-0.05, 0) is 59.0 Å². The molecule has 1 aliphatic heterocycles. The Bertz CT molecular complexity index is 518. The Morgan fingerprint density at radius 2 is 1.87 bits per heavy atom. The zero-order chi connectivity index (χ0) is 17.6. The zero-order valence-corrected chi connectivity index (χ0v) is 16.1. The molecule has 4 N–H and O–H groups in total. The number of nitrogens with two attached hydrogens (primary N) is 1. The van der Waals surface area contributed by atoms with Gasteiger partial charge in [-0.2, -0.15) is 0 Å². The molecule has 0 bridgehead atoms. The Labute approximate surface area is 152 Å². The van der Waals surface area contributed by atoms with Gasteiger partial charge in [0, 0.05) is 16.4 Å². The van der Waals surface area contributed by atoms with Crippen LogP contribution in [0.2, 0.25) is 10.0 Å². The molecule has 1 aliphatic rings. The number of halogens is 3. The van der Waals surface area contributed by atoms with Gasteiger partial charge in [0.15, 0.2) is 0 Å². The molecule has 0 atom stereocenters. The molecule has 0 spiro atoms. The second kappa shape index (κ2) is 9.33. The van der Waals surface area contributed by atoms with Gasteiger partial charge in [-0.15, -0.1) is 0 Å². The summed E-state index contributed by atoms with van der Waals surface area (Å²) in [6.07, 6.45) is 2.48. The van der Waals surface area contributed by atoms with Crippen molar-refractivity contribution in [3.63, 3.8) is 0 Å². The number of nitrogens with one attached hydrogen (secondary N) is 1. The zero-order valence-electron chi connectivity index (χ0n) is 13.8. The molecule has 23 heavy (non-hydrogen) atoms. The summed E-state index contributed by atoms with van der Waals surface area (Å²) in [5.74, 6) is -0.306. The van der Waals surface area contributed by atoms with Crippen LogP contribution in [-0.4, -0.2) is 22.9 Å². The average molecular weight is 383 g/mol. The molecule has 1 saturated heterocycles. The molecule has 3 nitrogen and oxygen atoms in total. The summed E-state index contributed by atoms with van der Waals surface area (Å²) < 4.78 is 14.1. The van der Waals surface area contributed by atoms with E-state index in [-0.39, 0.29) is 26.1 Å². The molecule has 132 valence electrons. The Morgan fingerprint density at radius 1 is 1.35 bits per heavy atom. The lowest BCUT2D eigenvalue weighted by molar-refractivity contribution is 0.361. The molecule has 1 fully saturated rings. The van der Waals surface area contributed by atoms with Gasteiger partial charge in [-0.25, -0.2) is 4.39 Å². The van der Waals surface area contributed by atoms with Crippen molar-refractivity contribution in [2.24, 2.45) is 11.1 Å². The number of phenolic OH excluding ortho intramolecular Hbond substituents is 1. The molecular formula is C16H25Cl2FN2OS. The van der Waals surface area contributed by atoms with Crippen molar-refractivity contribution in [3.05, 3.63) is 27.5 Å². The fourth-order valence-electron chi connectivity index (χ4n) is 2.19. The molecule has 0 amide bonds. The third-order valence-electron chi connectivity index (χ3n) is 3.55. The van der Waals surface area contributed by atoms with Crippen LogP contribution in [0, 0.1) is 11.7 Å². The van der Waals surface area contributed by atoms with E-state index in [1.807, 2.05) is 0 Å². The monoisotopic (exact) mass is 382 g/mol. The van der Waals surface area contributed by atoms with E-state index in [0.29, 0.717) is 12.3 Å². The van der Waals surface area contributed by atoms with Gasteiger partial charge in [0.05, 0.1) is 10.0 Å². The summed E-state index contributed by atoms with van der Waals surface area (Å²) in [5.41, 5.74) is 0.284. The van der Waals surface area contributed by atoms with Crippen LogP contribution in [0.1, 0.15) is 39.2 Å². The highest BCUT2D eigenvalue weighted by Crippen LogP contribution is 2.35. The Morgan fingerprint density at radius 3 is 2.35 bits per heavy atom. The van der Waals surface area contributed by atoms with E-state index in [2.05, 4.69) is 26.1 Å². The Balaban J connectivity index is 0.000000379. The average Bonchev–Trinajstić information content (AvgIpc) is 2.50. The molecule has 7 heteroatoms. The number of hydrogen-bond donors (Lipinski definition) is 3. The van der Waals surface area contributed by atoms with Gasteiger partial charge in [-0.3, -0.25) is 5.14 Å². The highest BCUT2D eigenvalue weighted by Gasteiger charge is 2.21. The molecule has 0 aliphatic carbocycles. The minimum absolute atomic E-state index is 0.0516. The van der Waals surface area contributed by atoms with Crippen molar-refractivity contribution >= 4 is 35.1 Å². The van der Waals surface area contributed by atoms with E-state index in [9.17, 15) is 9.50 Å². The van der Waals surface area contributed by atoms with Gasteiger partial charge in [0.1, 0.15) is 11.6 Å². The SMILES string of the molecule is CC(C)(C)SN.Oc1cc(Cl)c(Cl)c(F)c1CC1CCNCC1. The summed E-state index contributed by atoms with van der Waals surface area (Å²) in [4.78, 5) is 0. The summed E-state index contributed by atoms with van der Waals surface area (Å²) in [5, 5.41) is 18.1. The lowest BCUT2D eigenvalue weighted by atomic mass is 9.90. The second-order valence-electron chi connectivity index (χ2n) is 6.61. The Kier molecular flexibility index (Phi) is 8.45. The van der Waals surface area contributed by atoms with Crippen LogP contribution in [0.5, 0.6) is 5.75 Å². The first-order valence-electron chi connectivity index (χ1n) is 7.59. The van der Waals surface area contributed by atoms with Gasteiger partial charge in [-0.1, -0.05) is 35.1 Å². The van der Waals surface area contributed by atoms with Crippen molar-refractivity contribution < 1.29 is 9.50 Å². The first-order chi connectivity index (χ1) is 10.7. The molecule has 0 aromatic heterocycles. The van der Waals surface area contributed by atoms with Crippen LogP contribution in [0.25, 0.3) is 0 Å². The minimum atomic E-state index is -0.588. The van der Waals surface area contributed by atoms with E-state index in [1.54, 1.807) is 0 Å². The van der Waals surface area contributed by atoms with Crippen LogP contribution in [0.15, 0.2) is 6.07 Å². The lowest BCUT2D eigenvalue weighted by Gasteiger charge is -2.23. The van der Waals surface area contributed by atoms with Crippen molar-refractivity contribution in [3.8, 4) is 5.75 Å². The van der Waals surface area contributed by atoms with Crippen LogP contribution in [-0.2, 0) is 6.42 Å². The largest absolute Gasteiger partial charge is 0.508 e.